The number of thiophene rings is 1. The fraction of sp³-hybridized carbons (Fsp3) is 0.467. The molecule has 1 aromatic carbocycles. The maximum absolute atomic E-state index is 3.50. The van der Waals surface area contributed by atoms with Gasteiger partial charge in [0, 0.05) is 4.70 Å². The van der Waals surface area contributed by atoms with Gasteiger partial charge in [-0.1, -0.05) is 25.1 Å². The number of hydrogen-bond donors (Lipinski definition) is 1. The molecule has 2 aromatic rings. The van der Waals surface area contributed by atoms with Gasteiger partial charge in [-0.15, -0.1) is 11.3 Å². The molecule has 0 aliphatic heterocycles. The van der Waals surface area contributed by atoms with E-state index >= 15 is 0 Å². The van der Waals surface area contributed by atoms with Gasteiger partial charge in [-0.05, 0) is 60.2 Å². The zero-order valence-corrected chi connectivity index (χ0v) is 11.1. The second-order valence-corrected chi connectivity index (χ2v) is 5.85. The average molecular weight is 245 g/mol. The van der Waals surface area contributed by atoms with E-state index in [9.17, 15) is 0 Å². The molecule has 1 aliphatic rings. The van der Waals surface area contributed by atoms with Crippen LogP contribution in [0.2, 0.25) is 0 Å². The van der Waals surface area contributed by atoms with Crippen molar-refractivity contribution in [1.82, 2.24) is 5.32 Å². The summed E-state index contributed by atoms with van der Waals surface area (Å²) in [4.78, 5) is 0. The standard InChI is InChI=1S/C15H19NS/c1-2-16-10-12-6-7-13(12)14-5-3-4-11-8-9-17-15(11)14/h3-5,8-9,12-13,16H,2,6-7,10H2,1H3. The van der Waals surface area contributed by atoms with Crippen LogP contribution in [0.4, 0.5) is 0 Å². The molecule has 17 heavy (non-hydrogen) atoms. The molecular weight excluding hydrogens is 226 g/mol. The molecule has 1 nitrogen and oxygen atoms in total. The Morgan fingerprint density at radius 1 is 1.29 bits per heavy atom. The lowest BCUT2D eigenvalue weighted by molar-refractivity contribution is 0.249. The van der Waals surface area contributed by atoms with Gasteiger partial charge in [0.05, 0.1) is 0 Å². The zero-order valence-electron chi connectivity index (χ0n) is 10.3. The van der Waals surface area contributed by atoms with Gasteiger partial charge < -0.3 is 5.32 Å². The topological polar surface area (TPSA) is 12.0 Å². The van der Waals surface area contributed by atoms with E-state index in [2.05, 4.69) is 41.9 Å². The second kappa shape index (κ2) is 4.79. The van der Waals surface area contributed by atoms with Crippen LogP contribution >= 0.6 is 11.3 Å². The van der Waals surface area contributed by atoms with Crippen LogP contribution < -0.4 is 5.32 Å². The quantitative estimate of drug-likeness (QED) is 0.858. The van der Waals surface area contributed by atoms with E-state index in [1.165, 1.54) is 29.5 Å². The number of benzene rings is 1. The van der Waals surface area contributed by atoms with Gasteiger partial charge in [-0.3, -0.25) is 0 Å². The van der Waals surface area contributed by atoms with Gasteiger partial charge in [-0.25, -0.2) is 0 Å². The van der Waals surface area contributed by atoms with E-state index in [-0.39, 0.29) is 0 Å². The molecule has 1 aliphatic carbocycles. The van der Waals surface area contributed by atoms with Crippen LogP contribution in [0.25, 0.3) is 10.1 Å². The summed E-state index contributed by atoms with van der Waals surface area (Å²) in [5.41, 5.74) is 1.59. The molecule has 90 valence electrons. The number of nitrogens with one attached hydrogen (secondary N) is 1. The van der Waals surface area contributed by atoms with Gasteiger partial charge in [0.25, 0.3) is 0 Å². The van der Waals surface area contributed by atoms with Crippen LogP contribution in [0.3, 0.4) is 0 Å². The highest BCUT2D eigenvalue weighted by molar-refractivity contribution is 7.17. The molecule has 2 atom stereocenters. The van der Waals surface area contributed by atoms with Gasteiger partial charge in [-0.2, -0.15) is 0 Å². The summed E-state index contributed by atoms with van der Waals surface area (Å²) in [5, 5.41) is 7.13. The summed E-state index contributed by atoms with van der Waals surface area (Å²) in [6, 6.07) is 9.02. The van der Waals surface area contributed by atoms with Crippen molar-refractivity contribution in [3.05, 3.63) is 35.2 Å². The van der Waals surface area contributed by atoms with Crippen LogP contribution in [0.1, 0.15) is 31.2 Å². The van der Waals surface area contributed by atoms with Crippen molar-refractivity contribution in [2.75, 3.05) is 13.1 Å². The van der Waals surface area contributed by atoms with Crippen LogP contribution in [0.5, 0.6) is 0 Å². The third-order valence-electron chi connectivity index (χ3n) is 3.98. The summed E-state index contributed by atoms with van der Waals surface area (Å²) >= 11 is 1.90. The molecule has 1 fully saturated rings. The highest BCUT2D eigenvalue weighted by Gasteiger charge is 2.32. The minimum atomic E-state index is 0.788. The molecule has 2 heteroatoms. The molecular formula is C15H19NS. The highest BCUT2D eigenvalue weighted by atomic mass is 32.1. The molecule has 0 saturated heterocycles. The Morgan fingerprint density at radius 2 is 2.24 bits per heavy atom. The van der Waals surface area contributed by atoms with E-state index in [0.29, 0.717) is 0 Å². The first-order valence-electron chi connectivity index (χ1n) is 6.57. The lowest BCUT2D eigenvalue weighted by Gasteiger charge is -2.37. The van der Waals surface area contributed by atoms with Gasteiger partial charge >= 0.3 is 0 Å². The maximum Gasteiger partial charge on any atom is 0.0377 e. The van der Waals surface area contributed by atoms with Crippen molar-refractivity contribution >= 4 is 21.4 Å². The number of hydrogen-bond acceptors (Lipinski definition) is 2. The van der Waals surface area contributed by atoms with Crippen molar-refractivity contribution in [2.24, 2.45) is 5.92 Å². The summed E-state index contributed by atoms with van der Waals surface area (Å²) in [6.07, 6.45) is 2.76. The third kappa shape index (κ3) is 2.00. The third-order valence-corrected chi connectivity index (χ3v) is 4.96. The van der Waals surface area contributed by atoms with Gasteiger partial charge in [0.2, 0.25) is 0 Å². The monoisotopic (exact) mass is 245 g/mol. The largest absolute Gasteiger partial charge is 0.317 e. The van der Waals surface area contributed by atoms with Crippen molar-refractivity contribution in [3.8, 4) is 0 Å². The molecule has 1 heterocycles. The molecule has 1 aromatic heterocycles. The average Bonchev–Trinajstić information content (AvgIpc) is 2.77. The highest BCUT2D eigenvalue weighted by Crippen LogP contribution is 2.45. The van der Waals surface area contributed by atoms with E-state index in [0.717, 1.165) is 18.4 Å². The molecule has 3 rings (SSSR count). The first-order chi connectivity index (χ1) is 8.40. The van der Waals surface area contributed by atoms with Crippen molar-refractivity contribution < 1.29 is 0 Å². The summed E-state index contributed by atoms with van der Waals surface area (Å²) in [7, 11) is 0. The normalized spacial score (nSPS) is 23.8. The van der Waals surface area contributed by atoms with Crippen LogP contribution in [0, 0.1) is 5.92 Å². The second-order valence-electron chi connectivity index (χ2n) is 4.94. The van der Waals surface area contributed by atoms with E-state index < -0.39 is 0 Å². The smallest absolute Gasteiger partial charge is 0.0377 e. The molecule has 0 spiro atoms. The maximum atomic E-state index is 3.50. The Morgan fingerprint density at radius 3 is 3.00 bits per heavy atom. The Bertz CT molecular complexity index is 502. The first-order valence-corrected chi connectivity index (χ1v) is 7.45. The van der Waals surface area contributed by atoms with E-state index in [1.54, 1.807) is 5.56 Å². The minimum absolute atomic E-state index is 0.788. The summed E-state index contributed by atoms with van der Waals surface area (Å²) in [5.74, 6) is 1.64. The van der Waals surface area contributed by atoms with Crippen LogP contribution in [0.15, 0.2) is 29.6 Å². The fourth-order valence-corrected chi connectivity index (χ4v) is 3.84. The van der Waals surface area contributed by atoms with Gasteiger partial charge in [0.15, 0.2) is 0 Å². The minimum Gasteiger partial charge on any atom is -0.317 e. The molecule has 0 radical (unpaired) electrons. The Hall–Kier alpha value is -0.860. The lowest BCUT2D eigenvalue weighted by atomic mass is 9.70. The zero-order chi connectivity index (χ0) is 11.7. The molecule has 2 unspecified atom stereocenters. The predicted octanol–water partition coefficient (Wildman–Crippen LogP) is 4.00. The molecule has 0 amide bonds. The molecule has 0 bridgehead atoms. The predicted molar refractivity (Wildman–Crippen MR) is 75.8 cm³/mol. The van der Waals surface area contributed by atoms with Crippen molar-refractivity contribution in [1.29, 1.82) is 0 Å². The first kappa shape index (κ1) is 11.2. The number of fused-ring (bicyclic) bond motifs is 1. The Kier molecular flexibility index (Phi) is 3.17. The Balaban J connectivity index is 1.86. The van der Waals surface area contributed by atoms with Gasteiger partial charge in [0.1, 0.15) is 0 Å². The number of rotatable bonds is 4. The van der Waals surface area contributed by atoms with E-state index in [1.807, 2.05) is 11.3 Å². The van der Waals surface area contributed by atoms with E-state index in [4.69, 9.17) is 0 Å². The fourth-order valence-electron chi connectivity index (χ4n) is 2.86. The lowest BCUT2D eigenvalue weighted by Crippen LogP contribution is -2.33. The SMILES string of the molecule is CCNCC1CCC1c1cccc2ccsc12. The Labute approximate surface area is 107 Å². The van der Waals surface area contributed by atoms with Crippen molar-refractivity contribution in [3.63, 3.8) is 0 Å². The molecule has 1 saturated carbocycles. The summed E-state index contributed by atoms with van der Waals surface area (Å²) in [6.45, 7) is 4.46. The van der Waals surface area contributed by atoms with Crippen molar-refractivity contribution in [2.45, 2.75) is 25.7 Å². The van der Waals surface area contributed by atoms with Crippen LogP contribution in [-0.4, -0.2) is 13.1 Å². The van der Waals surface area contributed by atoms with Crippen LogP contribution in [-0.2, 0) is 0 Å². The summed E-state index contributed by atoms with van der Waals surface area (Å²) < 4.78 is 1.51. The molecule has 1 N–H and O–H groups in total.